The predicted octanol–water partition coefficient (Wildman–Crippen LogP) is 3.26. The molecule has 1 heterocycles. The van der Waals surface area contributed by atoms with E-state index in [4.69, 9.17) is 25.9 Å². The third-order valence-electron chi connectivity index (χ3n) is 5.66. The molecule has 0 saturated heterocycles. The highest BCUT2D eigenvalue weighted by Crippen LogP contribution is 2.26. The van der Waals surface area contributed by atoms with Crippen LogP contribution in [0, 0.1) is 0 Å². The summed E-state index contributed by atoms with van der Waals surface area (Å²) in [7, 11) is 0. The maximum absolute atomic E-state index is 13.0. The van der Waals surface area contributed by atoms with Crippen molar-refractivity contribution in [3.8, 4) is 5.75 Å². The van der Waals surface area contributed by atoms with E-state index in [2.05, 4.69) is 20.3 Å². The molecule has 0 amide bonds. The van der Waals surface area contributed by atoms with Gasteiger partial charge in [-0.05, 0) is 41.5 Å². The van der Waals surface area contributed by atoms with Gasteiger partial charge in [0.05, 0.1) is 6.54 Å². The lowest BCUT2D eigenvalue weighted by Crippen LogP contribution is -2.35. The molecule has 0 fully saturated rings. The third-order valence-corrected chi connectivity index (χ3v) is 5.66. The summed E-state index contributed by atoms with van der Waals surface area (Å²) in [5.74, 6) is 6.21. The zero-order valence-electron chi connectivity index (χ0n) is 21.2. The van der Waals surface area contributed by atoms with Gasteiger partial charge < -0.3 is 20.5 Å². The fourth-order valence-electron chi connectivity index (χ4n) is 3.66. The Morgan fingerprint density at radius 1 is 0.872 bits per heavy atom. The zero-order valence-corrected chi connectivity index (χ0v) is 21.2. The van der Waals surface area contributed by atoms with Crippen molar-refractivity contribution in [3.05, 3.63) is 120 Å². The van der Waals surface area contributed by atoms with Gasteiger partial charge in [0.1, 0.15) is 18.2 Å². The Hall–Kier alpha value is -4.80. The number of aromatic nitrogens is 2. The molecule has 3 aromatic carbocycles. The van der Waals surface area contributed by atoms with Gasteiger partial charge in [-0.25, -0.2) is 20.7 Å². The summed E-state index contributed by atoms with van der Waals surface area (Å²) in [5.41, 5.74) is 8.49. The molecule has 0 aliphatic heterocycles. The number of nitrogens with one attached hydrogen (secondary N) is 1. The number of hydrogen-bond donors (Lipinski definition) is 3. The molecule has 0 saturated carbocycles. The van der Waals surface area contributed by atoms with Crippen LogP contribution in [0.3, 0.4) is 0 Å². The van der Waals surface area contributed by atoms with Gasteiger partial charge in [-0.15, -0.1) is 0 Å². The average molecular weight is 527 g/mol. The largest absolute Gasteiger partial charge is 0.490 e. The minimum atomic E-state index is -1.13. The highest BCUT2D eigenvalue weighted by Gasteiger charge is 2.27. The topological polar surface area (TPSA) is 147 Å². The molecule has 0 radical (unpaired) electrons. The van der Waals surface area contributed by atoms with Crippen molar-refractivity contribution in [3.63, 3.8) is 0 Å². The number of esters is 1. The highest BCUT2D eigenvalue weighted by atomic mass is 16.7. The third kappa shape index (κ3) is 8.09. The monoisotopic (exact) mass is 526 g/mol. The normalized spacial score (nSPS) is 12.1. The molecule has 1 aromatic heterocycles. The molecule has 0 aliphatic carbocycles. The van der Waals surface area contributed by atoms with Crippen LogP contribution in [0.25, 0.3) is 0 Å². The van der Waals surface area contributed by atoms with Crippen LogP contribution in [-0.2, 0) is 14.4 Å². The van der Waals surface area contributed by atoms with Crippen LogP contribution < -0.4 is 21.7 Å². The molecular formula is C29H30N6O4. The van der Waals surface area contributed by atoms with E-state index in [9.17, 15) is 4.79 Å². The molecule has 1 atom stereocenters. The second kappa shape index (κ2) is 14.2. The van der Waals surface area contributed by atoms with E-state index in [-0.39, 0.29) is 6.61 Å². The van der Waals surface area contributed by atoms with E-state index in [0.29, 0.717) is 30.6 Å². The van der Waals surface area contributed by atoms with Crippen LogP contribution in [0.4, 0.5) is 5.95 Å². The van der Waals surface area contributed by atoms with E-state index in [0.717, 1.165) is 16.7 Å². The first kappa shape index (κ1) is 27.2. The number of nitrogens with two attached hydrogens (primary N) is 2. The molecule has 0 unspecified atom stereocenters. The van der Waals surface area contributed by atoms with Crippen molar-refractivity contribution in [2.75, 3.05) is 25.0 Å². The number of carbonyl (C=O) groups excluding carboxylic acids is 1. The molecule has 4 rings (SSSR count). The molecule has 5 N–H and O–H groups in total. The summed E-state index contributed by atoms with van der Waals surface area (Å²) >= 11 is 0. The molecule has 10 heteroatoms. The molecule has 0 bridgehead atoms. The Kier molecular flexibility index (Phi) is 9.93. The number of rotatable bonds is 13. The van der Waals surface area contributed by atoms with Gasteiger partial charge in [0.15, 0.2) is 6.10 Å². The second-order valence-corrected chi connectivity index (χ2v) is 8.36. The molecule has 200 valence electrons. The quantitative estimate of drug-likeness (QED) is 0.0785. The van der Waals surface area contributed by atoms with E-state index in [1.165, 1.54) is 0 Å². The molecule has 0 aliphatic rings. The van der Waals surface area contributed by atoms with Gasteiger partial charge in [0, 0.05) is 24.5 Å². The van der Waals surface area contributed by atoms with Crippen LogP contribution in [-0.4, -0.2) is 47.6 Å². The van der Waals surface area contributed by atoms with Crippen molar-refractivity contribution in [1.29, 1.82) is 0 Å². The Bertz CT molecular complexity index is 1280. The fourth-order valence-corrected chi connectivity index (χ4v) is 3.66. The Morgan fingerprint density at radius 2 is 1.49 bits per heavy atom. The minimum absolute atomic E-state index is 0.137. The number of ether oxygens (including phenoxy) is 2. The van der Waals surface area contributed by atoms with Crippen molar-refractivity contribution in [1.82, 2.24) is 9.97 Å². The SMILES string of the molecule is NO[C@H](COc1ccc(C(N)=NCCNc2ncccn2)cc1)C(=O)OC(c1ccccc1)c1ccccc1. The van der Waals surface area contributed by atoms with Crippen molar-refractivity contribution >= 4 is 17.8 Å². The molecule has 0 spiro atoms. The maximum atomic E-state index is 13.0. The van der Waals surface area contributed by atoms with Crippen LogP contribution >= 0.6 is 0 Å². The number of amidine groups is 1. The first-order valence-corrected chi connectivity index (χ1v) is 12.3. The summed E-state index contributed by atoms with van der Waals surface area (Å²) in [4.78, 5) is 30.4. The van der Waals surface area contributed by atoms with E-state index in [1.54, 1.807) is 42.7 Å². The smallest absolute Gasteiger partial charge is 0.341 e. The first-order valence-electron chi connectivity index (χ1n) is 12.3. The second-order valence-electron chi connectivity index (χ2n) is 8.36. The molecule has 4 aromatic rings. The van der Waals surface area contributed by atoms with Gasteiger partial charge in [-0.1, -0.05) is 60.7 Å². The fraction of sp³-hybridized carbons (Fsp3) is 0.172. The number of carbonyl (C=O) groups is 1. The van der Waals surface area contributed by atoms with E-state index in [1.807, 2.05) is 60.7 Å². The van der Waals surface area contributed by atoms with E-state index >= 15 is 0 Å². The summed E-state index contributed by atoms with van der Waals surface area (Å²) in [6, 6.07) is 27.7. The lowest BCUT2D eigenvalue weighted by atomic mass is 10.0. The van der Waals surface area contributed by atoms with Gasteiger partial charge in [-0.2, -0.15) is 0 Å². The molecule has 10 nitrogen and oxygen atoms in total. The van der Waals surface area contributed by atoms with Crippen LogP contribution in [0.1, 0.15) is 22.8 Å². The summed E-state index contributed by atoms with van der Waals surface area (Å²) in [6.07, 6.45) is 1.57. The van der Waals surface area contributed by atoms with E-state index < -0.39 is 18.2 Å². The standard InChI is InChI=1S/C29H30N6O4/c30-27(32-18-19-35-29-33-16-7-17-34-29)23-12-14-24(15-13-23)37-20-25(39-31)28(36)38-26(21-8-3-1-4-9-21)22-10-5-2-6-11-22/h1-17,25-26H,18-20,31H2,(H2,30,32)(H,33,34,35)/t25-/m1/s1. The van der Waals surface area contributed by atoms with Crippen LogP contribution in [0.15, 0.2) is 108 Å². The van der Waals surface area contributed by atoms with Crippen molar-refractivity contribution in [2.45, 2.75) is 12.2 Å². The number of nitrogens with zero attached hydrogens (tertiary/aromatic N) is 3. The van der Waals surface area contributed by atoms with Gasteiger partial charge in [0.25, 0.3) is 0 Å². The zero-order chi connectivity index (χ0) is 27.3. The Balaban J connectivity index is 1.31. The Morgan fingerprint density at radius 3 is 2.08 bits per heavy atom. The van der Waals surface area contributed by atoms with Gasteiger partial charge in [0.2, 0.25) is 12.1 Å². The van der Waals surface area contributed by atoms with Crippen molar-refractivity contribution < 1.29 is 19.1 Å². The number of anilines is 1. The van der Waals surface area contributed by atoms with Crippen LogP contribution in [0.2, 0.25) is 0 Å². The first-order chi connectivity index (χ1) is 19.1. The van der Waals surface area contributed by atoms with Crippen LogP contribution in [0.5, 0.6) is 5.75 Å². The summed E-state index contributed by atoms with van der Waals surface area (Å²) in [6.45, 7) is 0.854. The lowest BCUT2D eigenvalue weighted by molar-refractivity contribution is -0.163. The lowest BCUT2D eigenvalue weighted by Gasteiger charge is -2.22. The molecular weight excluding hydrogens is 496 g/mol. The number of benzene rings is 3. The summed E-state index contributed by atoms with van der Waals surface area (Å²) in [5, 5.41) is 3.07. The summed E-state index contributed by atoms with van der Waals surface area (Å²) < 4.78 is 11.6. The molecule has 39 heavy (non-hydrogen) atoms. The number of hydrogen-bond acceptors (Lipinski definition) is 9. The highest BCUT2D eigenvalue weighted by molar-refractivity contribution is 5.97. The van der Waals surface area contributed by atoms with Crippen molar-refractivity contribution in [2.24, 2.45) is 16.6 Å². The Labute approximate surface area is 226 Å². The predicted molar refractivity (Wildman–Crippen MR) is 148 cm³/mol. The maximum Gasteiger partial charge on any atom is 0.341 e. The average Bonchev–Trinajstić information content (AvgIpc) is 3.00. The number of aliphatic imine (C=N–C) groups is 1. The van der Waals surface area contributed by atoms with Gasteiger partial charge in [-0.3, -0.25) is 9.83 Å². The minimum Gasteiger partial charge on any atom is -0.490 e. The van der Waals surface area contributed by atoms with Gasteiger partial charge >= 0.3 is 5.97 Å².